The third-order valence-corrected chi connectivity index (χ3v) is 2.23. The molecule has 72 valence electrons. The van der Waals surface area contributed by atoms with Gasteiger partial charge in [-0.3, -0.25) is 0 Å². The summed E-state index contributed by atoms with van der Waals surface area (Å²) >= 11 is 1.80. The molecule has 0 fully saturated rings. The highest BCUT2D eigenvalue weighted by atomic mass is 127. The first-order chi connectivity index (χ1) is 5.90. The number of para-hydroxylation sites is 1. The van der Waals surface area contributed by atoms with Gasteiger partial charge in [0.2, 0.25) is 0 Å². The molecule has 0 unspecified atom stereocenters. The summed E-state index contributed by atoms with van der Waals surface area (Å²) < 4.78 is 39.9. The molecule has 1 nitrogen and oxygen atoms in total. The Kier molecular flexibility index (Phi) is 3.05. The normalized spacial score (nSPS) is 11.5. The second kappa shape index (κ2) is 3.73. The van der Waals surface area contributed by atoms with Crippen molar-refractivity contribution >= 4 is 22.6 Å². The second-order valence-corrected chi connectivity index (χ2v) is 3.60. The molecule has 1 rings (SSSR count). The van der Waals surface area contributed by atoms with Gasteiger partial charge in [0.1, 0.15) is 5.75 Å². The van der Waals surface area contributed by atoms with Crippen LogP contribution in [0.15, 0.2) is 18.2 Å². The molecule has 0 spiro atoms. The highest BCUT2D eigenvalue weighted by Gasteiger charge is 2.32. The van der Waals surface area contributed by atoms with Crippen LogP contribution in [0.2, 0.25) is 0 Å². The molecule has 0 atom stereocenters. The molecule has 0 aliphatic rings. The van der Waals surface area contributed by atoms with E-state index in [4.69, 9.17) is 0 Å². The van der Waals surface area contributed by atoms with E-state index in [-0.39, 0.29) is 5.75 Å². The van der Waals surface area contributed by atoms with E-state index in [1.165, 1.54) is 0 Å². The SMILES string of the molecule is Cc1cccc(I)c1OC(F)(F)F. The van der Waals surface area contributed by atoms with E-state index in [0.29, 0.717) is 9.13 Å². The van der Waals surface area contributed by atoms with Gasteiger partial charge in [-0.25, -0.2) is 0 Å². The number of hydrogen-bond donors (Lipinski definition) is 0. The van der Waals surface area contributed by atoms with Crippen LogP contribution in [0.3, 0.4) is 0 Å². The molecule has 0 heterocycles. The van der Waals surface area contributed by atoms with E-state index in [0.717, 1.165) is 0 Å². The molecular weight excluding hydrogens is 296 g/mol. The van der Waals surface area contributed by atoms with Crippen LogP contribution >= 0.6 is 22.6 Å². The van der Waals surface area contributed by atoms with Crippen LogP contribution in [0, 0.1) is 10.5 Å². The van der Waals surface area contributed by atoms with Gasteiger partial charge in [-0.15, -0.1) is 13.2 Å². The third kappa shape index (κ3) is 3.06. The Morgan fingerprint density at radius 1 is 1.31 bits per heavy atom. The van der Waals surface area contributed by atoms with E-state index in [1.54, 1.807) is 47.7 Å². The van der Waals surface area contributed by atoms with Crippen molar-refractivity contribution in [3.05, 3.63) is 27.3 Å². The third-order valence-electron chi connectivity index (χ3n) is 1.38. The van der Waals surface area contributed by atoms with Crippen molar-refractivity contribution in [2.75, 3.05) is 0 Å². The lowest BCUT2D eigenvalue weighted by Crippen LogP contribution is -2.18. The predicted octanol–water partition coefficient (Wildman–Crippen LogP) is 3.50. The summed E-state index contributed by atoms with van der Waals surface area (Å²) in [5, 5.41) is 0. The number of aryl methyl sites for hydroxylation is 1. The van der Waals surface area contributed by atoms with Crippen LogP contribution in [0.5, 0.6) is 5.75 Å². The van der Waals surface area contributed by atoms with Gasteiger partial charge in [0.25, 0.3) is 0 Å². The van der Waals surface area contributed by atoms with Crippen molar-refractivity contribution in [2.24, 2.45) is 0 Å². The lowest BCUT2D eigenvalue weighted by Gasteiger charge is -2.12. The molecule has 5 heteroatoms. The molecule has 0 bridgehead atoms. The highest BCUT2D eigenvalue weighted by Crippen LogP contribution is 2.30. The Balaban J connectivity index is 3.00. The van der Waals surface area contributed by atoms with Crippen molar-refractivity contribution < 1.29 is 17.9 Å². The minimum absolute atomic E-state index is 0.115. The van der Waals surface area contributed by atoms with Crippen molar-refractivity contribution in [3.63, 3.8) is 0 Å². The zero-order chi connectivity index (χ0) is 10.1. The van der Waals surface area contributed by atoms with Gasteiger partial charge in [-0.1, -0.05) is 12.1 Å². The van der Waals surface area contributed by atoms with Gasteiger partial charge in [-0.05, 0) is 41.1 Å². The minimum atomic E-state index is -4.62. The molecule has 13 heavy (non-hydrogen) atoms. The first-order valence-corrected chi connectivity index (χ1v) is 4.49. The van der Waals surface area contributed by atoms with E-state index < -0.39 is 6.36 Å². The topological polar surface area (TPSA) is 9.23 Å². The summed E-state index contributed by atoms with van der Waals surface area (Å²) in [5.74, 6) is -0.115. The standard InChI is InChI=1S/C8H6F3IO/c1-5-3-2-4-6(12)7(5)13-8(9,10)11/h2-4H,1H3. The summed E-state index contributed by atoms with van der Waals surface area (Å²) in [7, 11) is 0. The van der Waals surface area contributed by atoms with E-state index in [1.807, 2.05) is 0 Å². The molecule has 0 aliphatic carbocycles. The molecule has 1 aromatic carbocycles. The zero-order valence-corrected chi connectivity index (χ0v) is 8.81. The molecule has 1 aromatic rings. The average Bonchev–Trinajstić information content (AvgIpc) is 1.95. The summed E-state index contributed by atoms with van der Waals surface area (Å²) in [6.45, 7) is 1.57. The summed E-state index contributed by atoms with van der Waals surface area (Å²) in [5.41, 5.74) is 0.476. The quantitative estimate of drug-likeness (QED) is 0.722. The van der Waals surface area contributed by atoms with E-state index in [2.05, 4.69) is 4.74 Å². The zero-order valence-electron chi connectivity index (χ0n) is 6.65. The number of rotatable bonds is 1. The van der Waals surface area contributed by atoms with Crippen molar-refractivity contribution in [2.45, 2.75) is 13.3 Å². The lowest BCUT2D eigenvalue weighted by molar-refractivity contribution is -0.275. The van der Waals surface area contributed by atoms with Gasteiger partial charge >= 0.3 is 6.36 Å². The molecule has 0 aliphatic heterocycles. The number of halogens is 4. The van der Waals surface area contributed by atoms with Gasteiger partial charge < -0.3 is 4.74 Å². The Hall–Kier alpha value is -0.460. The Morgan fingerprint density at radius 3 is 2.38 bits per heavy atom. The fourth-order valence-corrected chi connectivity index (χ4v) is 1.60. The second-order valence-electron chi connectivity index (χ2n) is 2.43. The van der Waals surface area contributed by atoms with Crippen LogP contribution in [-0.4, -0.2) is 6.36 Å². The summed E-state index contributed by atoms with van der Waals surface area (Å²) in [4.78, 5) is 0. The van der Waals surface area contributed by atoms with Crippen molar-refractivity contribution in [1.82, 2.24) is 0 Å². The van der Waals surface area contributed by atoms with E-state index >= 15 is 0 Å². The highest BCUT2D eigenvalue weighted by molar-refractivity contribution is 14.1. The van der Waals surface area contributed by atoms with Gasteiger partial charge in [0, 0.05) is 0 Å². The van der Waals surface area contributed by atoms with Crippen LogP contribution < -0.4 is 4.74 Å². The van der Waals surface area contributed by atoms with Crippen molar-refractivity contribution in [1.29, 1.82) is 0 Å². The fraction of sp³-hybridized carbons (Fsp3) is 0.250. The maximum atomic E-state index is 11.9. The molecule has 0 amide bonds. The number of hydrogen-bond acceptors (Lipinski definition) is 1. The average molecular weight is 302 g/mol. The van der Waals surface area contributed by atoms with Crippen LogP contribution in [0.4, 0.5) is 13.2 Å². The smallest absolute Gasteiger partial charge is 0.404 e. The molecular formula is C8H6F3IO. The molecule has 0 saturated carbocycles. The van der Waals surface area contributed by atoms with Gasteiger partial charge in [0.15, 0.2) is 0 Å². The Bertz CT molecular complexity index is 288. The monoisotopic (exact) mass is 302 g/mol. The van der Waals surface area contributed by atoms with Gasteiger partial charge in [-0.2, -0.15) is 0 Å². The molecule has 0 N–H and O–H groups in total. The largest absolute Gasteiger partial charge is 0.573 e. The number of ether oxygens (including phenoxy) is 1. The maximum Gasteiger partial charge on any atom is 0.573 e. The van der Waals surface area contributed by atoms with Crippen LogP contribution in [-0.2, 0) is 0 Å². The summed E-state index contributed by atoms with van der Waals surface area (Å²) in [6.07, 6.45) is -4.62. The lowest BCUT2D eigenvalue weighted by atomic mass is 10.2. The molecule has 0 saturated heterocycles. The first kappa shape index (κ1) is 10.6. The van der Waals surface area contributed by atoms with Gasteiger partial charge in [0.05, 0.1) is 3.57 Å². The predicted molar refractivity (Wildman–Crippen MR) is 50.6 cm³/mol. The molecule has 0 radical (unpaired) electrons. The van der Waals surface area contributed by atoms with E-state index in [9.17, 15) is 13.2 Å². The number of alkyl halides is 3. The maximum absolute atomic E-state index is 11.9. The van der Waals surface area contributed by atoms with Crippen LogP contribution in [0.1, 0.15) is 5.56 Å². The Morgan fingerprint density at radius 2 is 1.92 bits per heavy atom. The van der Waals surface area contributed by atoms with Crippen molar-refractivity contribution in [3.8, 4) is 5.75 Å². The molecule has 0 aromatic heterocycles. The first-order valence-electron chi connectivity index (χ1n) is 3.41. The van der Waals surface area contributed by atoms with Crippen LogP contribution in [0.25, 0.3) is 0 Å². The fourth-order valence-electron chi connectivity index (χ4n) is 0.862. The number of benzene rings is 1. The minimum Gasteiger partial charge on any atom is -0.404 e. The Labute approximate surface area is 87.0 Å². The summed E-state index contributed by atoms with van der Waals surface area (Å²) in [6, 6.07) is 4.82.